The van der Waals surface area contributed by atoms with Crippen molar-refractivity contribution >= 4 is 0 Å². The summed E-state index contributed by atoms with van der Waals surface area (Å²) in [6.45, 7) is 3.19. The molecule has 0 radical (unpaired) electrons. The van der Waals surface area contributed by atoms with Crippen molar-refractivity contribution in [3.05, 3.63) is 0 Å². The lowest BCUT2D eigenvalue weighted by Crippen LogP contribution is -2.44. The van der Waals surface area contributed by atoms with Crippen molar-refractivity contribution < 1.29 is 9.84 Å². The first-order valence-corrected chi connectivity index (χ1v) is 5.78. The van der Waals surface area contributed by atoms with Crippen molar-refractivity contribution in [3.8, 4) is 0 Å². The molecule has 1 heterocycles. The molecule has 1 aliphatic heterocycles. The largest absolute Gasteiger partial charge is 0.396 e. The summed E-state index contributed by atoms with van der Waals surface area (Å²) in [7, 11) is 0. The Morgan fingerprint density at radius 1 is 1.36 bits per heavy atom. The number of aliphatic hydroxyl groups excluding tert-OH is 1. The molecule has 3 heteroatoms. The van der Waals surface area contributed by atoms with Gasteiger partial charge in [-0.1, -0.05) is 6.42 Å². The summed E-state index contributed by atoms with van der Waals surface area (Å²) < 4.78 is 5.53. The minimum absolute atomic E-state index is 0.207. The van der Waals surface area contributed by atoms with Crippen LogP contribution in [0.15, 0.2) is 0 Å². The SMILES string of the molecule is OCC1(CNCC2CCCO2)CCC1. The molecule has 2 aliphatic rings. The van der Waals surface area contributed by atoms with Crippen molar-refractivity contribution in [3.63, 3.8) is 0 Å². The molecule has 2 N–H and O–H groups in total. The molecule has 0 bridgehead atoms. The van der Waals surface area contributed by atoms with Crippen LogP contribution >= 0.6 is 0 Å². The summed E-state index contributed by atoms with van der Waals surface area (Å²) in [5.74, 6) is 0. The average molecular weight is 199 g/mol. The second kappa shape index (κ2) is 4.60. The molecular weight excluding hydrogens is 178 g/mol. The molecule has 1 saturated carbocycles. The van der Waals surface area contributed by atoms with Crippen LogP contribution < -0.4 is 5.32 Å². The van der Waals surface area contributed by atoms with Gasteiger partial charge in [-0.3, -0.25) is 0 Å². The lowest BCUT2D eigenvalue weighted by Gasteiger charge is -2.40. The molecule has 0 spiro atoms. The number of hydrogen-bond acceptors (Lipinski definition) is 3. The van der Waals surface area contributed by atoms with E-state index in [0.717, 1.165) is 19.7 Å². The summed E-state index contributed by atoms with van der Waals surface area (Å²) in [6.07, 6.45) is 6.47. The number of nitrogens with one attached hydrogen (secondary N) is 1. The Hall–Kier alpha value is -0.120. The number of ether oxygens (including phenoxy) is 1. The molecule has 1 atom stereocenters. The first-order chi connectivity index (χ1) is 6.85. The zero-order valence-corrected chi connectivity index (χ0v) is 8.80. The van der Waals surface area contributed by atoms with Crippen molar-refractivity contribution in [2.45, 2.75) is 38.2 Å². The first kappa shape index (κ1) is 10.4. The highest BCUT2D eigenvalue weighted by Crippen LogP contribution is 2.39. The number of aliphatic hydroxyl groups is 1. The third kappa shape index (κ3) is 2.27. The molecular formula is C11H21NO2. The van der Waals surface area contributed by atoms with Gasteiger partial charge in [-0.2, -0.15) is 0 Å². The van der Waals surface area contributed by atoms with Crippen molar-refractivity contribution in [1.82, 2.24) is 5.32 Å². The van der Waals surface area contributed by atoms with E-state index in [2.05, 4.69) is 5.32 Å². The summed E-state index contributed by atoms with van der Waals surface area (Å²) in [5.41, 5.74) is 0.207. The van der Waals surface area contributed by atoms with Crippen LogP contribution in [-0.2, 0) is 4.74 Å². The second-order valence-corrected chi connectivity index (χ2v) is 4.78. The van der Waals surface area contributed by atoms with Crippen LogP contribution in [0.25, 0.3) is 0 Å². The second-order valence-electron chi connectivity index (χ2n) is 4.78. The molecule has 0 amide bonds. The van der Waals surface area contributed by atoms with Crippen LogP contribution in [0.3, 0.4) is 0 Å². The van der Waals surface area contributed by atoms with Gasteiger partial charge in [0.2, 0.25) is 0 Å². The van der Waals surface area contributed by atoms with E-state index in [9.17, 15) is 5.11 Å². The van der Waals surface area contributed by atoms with E-state index in [1.807, 2.05) is 0 Å². The van der Waals surface area contributed by atoms with Crippen molar-refractivity contribution in [1.29, 1.82) is 0 Å². The molecule has 2 rings (SSSR count). The predicted octanol–water partition coefficient (Wildman–Crippen LogP) is 0.918. The van der Waals surface area contributed by atoms with Gasteiger partial charge in [0.1, 0.15) is 0 Å². The number of hydrogen-bond donors (Lipinski definition) is 2. The van der Waals surface area contributed by atoms with Gasteiger partial charge in [0.05, 0.1) is 6.10 Å². The van der Waals surface area contributed by atoms with Crippen LogP contribution in [0, 0.1) is 5.41 Å². The summed E-state index contributed by atoms with van der Waals surface area (Å²) in [4.78, 5) is 0. The Morgan fingerprint density at radius 2 is 2.21 bits per heavy atom. The highest BCUT2D eigenvalue weighted by Gasteiger charge is 2.35. The quantitative estimate of drug-likeness (QED) is 0.692. The topological polar surface area (TPSA) is 41.5 Å². The zero-order chi connectivity index (χ0) is 9.86. The molecule has 1 aliphatic carbocycles. The van der Waals surface area contributed by atoms with Gasteiger partial charge >= 0.3 is 0 Å². The van der Waals surface area contributed by atoms with Crippen LogP contribution in [-0.4, -0.2) is 37.5 Å². The third-order valence-corrected chi connectivity index (χ3v) is 3.65. The van der Waals surface area contributed by atoms with Crippen molar-refractivity contribution in [2.24, 2.45) is 5.41 Å². The van der Waals surface area contributed by atoms with Gasteiger partial charge in [-0.15, -0.1) is 0 Å². The third-order valence-electron chi connectivity index (χ3n) is 3.65. The van der Waals surface area contributed by atoms with Crippen LogP contribution in [0.1, 0.15) is 32.1 Å². The zero-order valence-electron chi connectivity index (χ0n) is 8.80. The van der Waals surface area contributed by atoms with Crippen molar-refractivity contribution in [2.75, 3.05) is 26.3 Å². The highest BCUT2D eigenvalue weighted by atomic mass is 16.5. The fourth-order valence-electron chi connectivity index (χ4n) is 2.37. The van der Waals surface area contributed by atoms with E-state index in [0.29, 0.717) is 12.7 Å². The Kier molecular flexibility index (Phi) is 3.42. The van der Waals surface area contributed by atoms with E-state index >= 15 is 0 Å². The minimum Gasteiger partial charge on any atom is -0.396 e. The molecule has 1 saturated heterocycles. The molecule has 1 unspecified atom stereocenters. The lowest BCUT2D eigenvalue weighted by atomic mass is 9.69. The fraction of sp³-hybridized carbons (Fsp3) is 1.00. The van der Waals surface area contributed by atoms with Gasteiger partial charge in [0.25, 0.3) is 0 Å². The molecule has 0 aromatic heterocycles. The maximum absolute atomic E-state index is 9.26. The normalized spacial score (nSPS) is 30.2. The summed E-state index contributed by atoms with van der Waals surface area (Å²) in [5, 5.41) is 12.7. The van der Waals surface area contributed by atoms with Gasteiger partial charge in [-0.25, -0.2) is 0 Å². The molecule has 14 heavy (non-hydrogen) atoms. The van der Waals surface area contributed by atoms with Crippen LogP contribution in [0.4, 0.5) is 0 Å². The Bertz CT molecular complexity index is 169. The maximum Gasteiger partial charge on any atom is 0.0700 e. The van der Waals surface area contributed by atoms with Gasteiger partial charge in [0, 0.05) is 31.7 Å². The number of rotatable bonds is 5. The van der Waals surface area contributed by atoms with Gasteiger partial charge in [-0.05, 0) is 25.7 Å². The minimum atomic E-state index is 0.207. The lowest BCUT2D eigenvalue weighted by molar-refractivity contribution is 0.0388. The molecule has 3 nitrogen and oxygen atoms in total. The monoisotopic (exact) mass is 199 g/mol. The van der Waals surface area contributed by atoms with Gasteiger partial charge < -0.3 is 15.2 Å². The van der Waals surface area contributed by atoms with Crippen LogP contribution in [0.2, 0.25) is 0 Å². The molecule has 82 valence electrons. The smallest absolute Gasteiger partial charge is 0.0700 e. The standard InChI is InChI=1S/C11H21NO2/c13-9-11(4-2-5-11)8-12-7-10-3-1-6-14-10/h10,12-13H,1-9H2. The first-order valence-electron chi connectivity index (χ1n) is 5.78. The Balaban J connectivity index is 1.61. The van der Waals surface area contributed by atoms with E-state index < -0.39 is 0 Å². The molecule has 0 aromatic rings. The average Bonchev–Trinajstić information content (AvgIpc) is 2.62. The predicted molar refractivity (Wildman–Crippen MR) is 55.2 cm³/mol. The van der Waals surface area contributed by atoms with Gasteiger partial charge in [0.15, 0.2) is 0 Å². The molecule has 0 aromatic carbocycles. The maximum atomic E-state index is 9.26. The summed E-state index contributed by atoms with van der Waals surface area (Å²) in [6, 6.07) is 0. The fourth-order valence-corrected chi connectivity index (χ4v) is 2.37. The Morgan fingerprint density at radius 3 is 2.71 bits per heavy atom. The van der Waals surface area contributed by atoms with E-state index in [-0.39, 0.29) is 5.41 Å². The Labute approximate surface area is 85.8 Å². The summed E-state index contributed by atoms with van der Waals surface area (Å²) >= 11 is 0. The van der Waals surface area contributed by atoms with E-state index in [1.165, 1.54) is 32.1 Å². The highest BCUT2D eigenvalue weighted by molar-refractivity contribution is 4.89. The molecule has 2 fully saturated rings. The van der Waals surface area contributed by atoms with Crippen LogP contribution in [0.5, 0.6) is 0 Å². The van der Waals surface area contributed by atoms with E-state index in [4.69, 9.17) is 4.74 Å². The van der Waals surface area contributed by atoms with E-state index in [1.54, 1.807) is 0 Å².